The van der Waals surface area contributed by atoms with Gasteiger partial charge in [0, 0.05) is 13.5 Å². The van der Waals surface area contributed by atoms with Crippen molar-refractivity contribution in [3.63, 3.8) is 0 Å². The fourth-order valence-corrected chi connectivity index (χ4v) is 5.35. The van der Waals surface area contributed by atoms with Gasteiger partial charge in [-0.2, -0.15) is 0 Å². The van der Waals surface area contributed by atoms with Crippen molar-refractivity contribution in [3.8, 4) is 0 Å². The van der Waals surface area contributed by atoms with Gasteiger partial charge in [-0.1, -0.05) is 24.8 Å². The van der Waals surface area contributed by atoms with E-state index < -0.39 is 71.4 Å². The van der Waals surface area contributed by atoms with E-state index in [2.05, 4.69) is 45.2 Å². The molecule has 0 aliphatic carbocycles. The zero-order valence-corrected chi connectivity index (χ0v) is 29.3. The van der Waals surface area contributed by atoms with Crippen molar-refractivity contribution in [1.29, 1.82) is 0 Å². The number of halogens is 1. The summed E-state index contributed by atoms with van der Waals surface area (Å²) in [6.45, 7) is 9.09. The third kappa shape index (κ3) is 9.96. The molecule has 2 atom stereocenters. The van der Waals surface area contributed by atoms with Gasteiger partial charge in [0.25, 0.3) is 11.8 Å². The number of aromatic nitrogens is 1. The van der Waals surface area contributed by atoms with E-state index in [0.29, 0.717) is 6.04 Å². The molecule has 0 radical (unpaired) electrons. The van der Waals surface area contributed by atoms with Crippen molar-refractivity contribution in [1.82, 2.24) is 14.6 Å². The molecule has 0 unspecified atom stereocenters. The Bertz CT molecular complexity index is 1350. The van der Waals surface area contributed by atoms with Crippen LogP contribution in [-0.2, 0) is 48.6 Å². The minimum absolute atomic E-state index is 0. The fourth-order valence-electron chi connectivity index (χ4n) is 3.03. The molecule has 3 amide bonds. The number of β-lactam (4-membered cyclic amide) rings is 1. The Morgan fingerprint density at radius 1 is 1.26 bits per heavy atom. The van der Waals surface area contributed by atoms with E-state index in [4.69, 9.17) is 21.2 Å². The number of anilines is 1. The first-order valence-corrected chi connectivity index (χ1v) is 18.2. The van der Waals surface area contributed by atoms with Crippen LogP contribution in [0.15, 0.2) is 10.5 Å². The molecule has 0 saturated carbocycles. The topological polar surface area (TPSA) is 223 Å². The Morgan fingerprint density at radius 3 is 2.40 bits per heavy atom. The molecule has 1 saturated heterocycles. The van der Waals surface area contributed by atoms with Gasteiger partial charge in [-0.3, -0.25) is 14.4 Å². The van der Waals surface area contributed by atoms with Gasteiger partial charge < -0.3 is 29.5 Å². The predicted octanol–water partition coefficient (Wildman–Crippen LogP) is -2.97. The van der Waals surface area contributed by atoms with Crippen LogP contribution in [0.1, 0.15) is 19.5 Å². The quantitative estimate of drug-likeness (QED) is 0.0406. The van der Waals surface area contributed by atoms with Crippen molar-refractivity contribution in [2.75, 3.05) is 24.9 Å². The van der Waals surface area contributed by atoms with Crippen LogP contribution in [-0.4, -0.2) is 103 Å². The van der Waals surface area contributed by atoms with Gasteiger partial charge >= 0.3 is 41.5 Å². The van der Waals surface area contributed by atoms with Crippen molar-refractivity contribution in [2.24, 2.45) is 5.16 Å². The van der Waals surface area contributed by atoms with Gasteiger partial charge in [-0.05, 0) is 19.9 Å². The Morgan fingerprint density at radius 2 is 1.88 bits per heavy atom. The molecule has 42 heavy (non-hydrogen) atoms. The van der Waals surface area contributed by atoms with E-state index in [1.165, 1.54) is 19.2 Å². The third-order valence-corrected chi connectivity index (χ3v) is 8.89. The molecule has 1 aromatic heterocycles. The van der Waals surface area contributed by atoms with Crippen molar-refractivity contribution < 1.29 is 80.8 Å². The summed E-state index contributed by atoms with van der Waals surface area (Å²) in [4.78, 5) is 71.4. The molecule has 21 heteroatoms. The number of amides is 3. The normalized spacial score (nSPS) is 17.4. The molecule has 16 nitrogen and oxygen atoms in total. The number of thiazole rings is 1. The molecular formula is C21H29ClN5NaO11S2Si. The number of hydrogen-bond acceptors (Lipinski definition) is 14. The predicted molar refractivity (Wildman–Crippen MR) is 147 cm³/mol. The van der Waals surface area contributed by atoms with Crippen LogP contribution in [0, 0.1) is 0 Å². The number of oxime groups is 1. The molecular weight excluding hydrogens is 649 g/mol. The number of carbonyl (C=O) groups is 5. The molecule has 1 aliphatic heterocycles. The van der Waals surface area contributed by atoms with Gasteiger partial charge in [0.1, 0.15) is 17.6 Å². The third-order valence-electron chi connectivity index (χ3n) is 5.29. The first kappa shape index (κ1) is 37.9. The average molecular weight is 678 g/mol. The van der Waals surface area contributed by atoms with E-state index in [1.807, 2.05) is 0 Å². The number of methoxy groups -OCH3 is 1. The molecule has 0 spiro atoms. The van der Waals surface area contributed by atoms with Gasteiger partial charge in [0.05, 0.1) is 13.7 Å². The Labute approximate surface area is 274 Å². The van der Waals surface area contributed by atoms with Gasteiger partial charge in [-0.25, -0.2) is 27.3 Å². The molecule has 2 N–H and O–H groups in total. The molecule has 1 aromatic rings. The molecule has 0 aromatic carbocycles. The number of alkyl halides is 1. The van der Waals surface area contributed by atoms with Crippen LogP contribution in [0.4, 0.5) is 5.13 Å². The van der Waals surface area contributed by atoms with Crippen LogP contribution >= 0.6 is 22.9 Å². The molecule has 1 fully saturated rings. The largest absolute Gasteiger partial charge is 1.00 e. The summed E-state index contributed by atoms with van der Waals surface area (Å²) in [5.74, 6) is -5.67. The Hall–Kier alpha value is -2.13. The minimum Gasteiger partial charge on any atom is -0.731 e. The number of nitrogens with zero attached hydrogens (tertiary/aromatic N) is 3. The molecule has 2 heterocycles. The van der Waals surface area contributed by atoms with Gasteiger partial charge in [-0.15, -0.1) is 22.9 Å². The van der Waals surface area contributed by atoms with Crippen LogP contribution < -0.4 is 40.2 Å². The summed E-state index contributed by atoms with van der Waals surface area (Å²) in [6.07, 6.45) is 0. The van der Waals surface area contributed by atoms with Crippen LogP contribution in [0.5, 0.6) is 0 Å². The first-order chi connectivity index (χ1) is 18.8. The van der Waals surface area contributed by atoms with E-state index in [9.17, 15) is 36.9 Å². The van der Waals surface area contributed by atoms with Crippen molar-refractivity contribution in [2.45, 2.75) is 57.2 Å². The second kappa shape index (κ2) is 15.0. The number of esters is 2. The van der Waals surface area contributed by atoms with Crippen molar-refractivity contribution in [3.05, 3.63) is 11.1 Å². The van der Waals surface area contributed by atoms with E-state index in [-0.39, 0.29) is 57.2 Å². The minimum atomic E-state index is -5.41. The SMILES string of the molecule is COC(=O)[C@H]1[C@@H](NC(=O)C(=NOC(C)(C)C(=O)OCC[Si](C)(C)C)c2csc(NC(=O)CCl)n2)C(=O)N1S(=O)(=O)[O-].[Na+]. The van der Waals surface area contributed by atoms with E-state index in [0.717, 1.165) is 18.4 Å². The maximum absolute atomic E-state index is 13.2. The maximum Gasteiger partial charge on any atom is 1.00 e. The van der Waals surface area contributed by atoms with Crippen LogP contribution in [0.3, 0.4) is 0 Å². The smallest absolute Gasteiger partial charge is 0.731 e. The van der Waals surface area contributed by atoms with Gasteiger partial charge in [0.2, 0.25) is 11.5 Å². The zero-order valence-electron chi connectivity index (χ0n) is 23.9. The molecule has 2 rings (SSSR count). The van der Waals surface area contributed by atoms with E-state index in [1.54, 1.807) is 0 Å². The maximum atomic E-state index is 13.2. The number of hydrogen-bond donors (Lipinski definition) is 2. The Balaban J connectivity index is 0.00000882. The summed E-state index contributed by atoms with van der Waals surface area (Å²) < 4.78 is 43.8. The number of nitrogens with one attached hydrogen (secondary N) is 2. The molecule has 228 valence electrons. The van der Waals surface area contributed by atoms with E-state index >= 15 is 0 Å². The monoisotopic (exact) mass is 677 g/mol. The molecule has 1 aliphatic rings. The second-order valence-corrected chi connectivity index (χ2v) is 18.2. The van der Waals surface area contributed by atoms with Gasteiger partial charge in [0.15, 0.2) is 27.2 Å². The van der Waals surface area contributed by atoms with Crippen LogP contribution in [0.25, 0.3) is 0 Å². The summed E-state index contributed by atoms with van der Waals surface area (Å²) in [5, 5.41) is 9.51. The average Bonchev–Trinajstić information content (AvgIpc) is 3.31. The standard InChI is InChI=1S/C21H30ClN5O11S2Si.Na/c1-21(2,19(32)37-7-8-41(4,5)6)38-26-13(11-10-39-20(23-11)24-12(28)9-22)16(29)25-14-15(18(31)36-3)27(17(14)30)40(33,34)35;/h10,14-15H,7-9H2,1-6H3,(H,25,29)(H,23,24,28)(H,33,34,35);/q;+1/p-1/t14-,15-;/m1./s1. The number of carbonyl (C=O) groups excluding carboxylic acids is 5. The fraction of sp³-hybridized carbons (Fsp3) is 0.571. The van der Waals surface area contributed by atoms with Crippen LogP contribution in [0.2, 0.25) is 25.7 Å². The Kier molecular flexibility index (Phi) is 13.6. The number of rotatable bonds is 13. The van der Waals surface area contributed by atoms with Crippen molar-refractivity contribution >= 4 is 81.8 Å². The summed E-state index contributed by atoms with van der Waals surface area (Å²) in [7, 11) is -6.03. The second-order valence-electron chi connectivity index (χ2n) is 10.2. The first-order valence-electron chi connectivity index (χ1n) is 11.7. The zero-order chi connectivity index (χ0) is 31.3. The summed E-state index contributed by atoms with van der Waals surface area (Å²) in [6, 6.07) is -3.11. The summed E-state index contributed by atoms with van der Waals surface area (Å²) in [5.41, 5.74) is -2.53. The molecule has 0 bridgehead atoms. The number of ether oxygens (including phenoxy) is 2. The summed E-state index contributed by atoms with van der Waals surface area (Å²) >= 11 is 6.35.